The summed E-state index contributed by atoms with van der Waals surface area (Å²) in [6.07, 6.45) is 7.56. The average Bonchev–Trinajstić information content (AvgIpc) is 2.64. The zero-order chi connectivity index (χ0) is 18.4. The van der Waals surface area contributed by atoms with E-state index in [4.69, 9.17) is 5.73 Å². The Kier molecular flexibility index (Phi) is 12.1. The van der Waals surface area contributed by atoms with Crippen LogP contribution in [0.4, 0.5) is 5.69 Å². The van der Waals surface area contributed by atoms with E-state index in [-0.39, 0.29) is 6.17 Å². The summed E-state index contributed by atoms with van der Waals surface area (Å²) in [5, 5.41) is 3.35. The molecule has 3 heteroatoms. The normalized spacial score (nSPS) is 13.2. The lowest BCUT2D eigenvalue weighted by molar-refractivity contribution is 0.573. The summed E-state index contributed by atoms with van der Waals surface area (Å²) in [5.74, 6) is 0. The Balaban J connectivity index is 0.00000254. The van der Waals surface area contributed by atoms with E-state index in [9.17, 15) is 0 Å². The molecule has 0 saturated heterocycles. The minimum atomic E-state index is -0.0938. The number of rotatable bonds is 8. The first-order valence-corrected chi connectivity index (χ1v) is 8.78. The molecule has 0 aliphatic heterocycles. The van der Waals surface area contributed by atoms with E-state index in [1.54, 1.807) is 6.21 Å². The molecule has 24 heavy (non-hydrogen) atoms. The molecule has 1 aromatic rings. The van der Waals surface area contributed by atoms with Crippen molar-refractivity contribution in [3.8, 4) is 0 Å². The maximum atomic E-state index is 6.05. The Hall–Kier alpha value is -2.13. The van der Waals surface area contributed by atoms with Gasteiger partial charge in [0.15, 0.2) is 0 Å². The van der Waals surface area contributed by atoms with Crippen LogP contribution in [-0.4, -0.2) is 12.4 Å². The zero-order valence-corrected chi connectivity index (χ0v) is 15.8. The van der Waals surface area contributed by atoms with E-state index < -0.39 is 0 Å². The van der Waals surface area contributed by atoms with Gasteiger partial charge in [0.05, 0.1) is 11.9 Å². The van der Waals surface area contributed by atoms with E-state index in [1.807, 2.05) is 57.2 Å². The van der Waals surface area contributed by atoms with Gasteiger partial charge in [-0.05, 0) is 37.5 Å². The van der Waals surface area contributed by atoms with Gasteiger partial charge in [0.25, 0.3) is 0 Å². The summed E-state index contributed by atoms with van der Waals surface area (Å²) in [7, 11) is 0. The van der Waals surface area contributed by atoms with Gasteiger partial charge < -0.3 is 11.1 Å². The van der Waals surface area contributed by atoms with Crippen molar-refractivity contribution in [2.75, 3.05) is 0 Å². The van der Waals surface area contributed by atoms with Gasteiger partial charge in [-0.25, -0.2) is 0 Å². The Morgan fingerprint density at radius 1 is 1.25 bits per heavy atom. The minimum absolute atomic E-state index is 0.0938. The van der Waals surface area contributed by atoms with E-state index in [1.165, 1.54) is 5.57 Å². The van der Waals surface area contributed by atoms with E-state index in [0.717, 1.165) is 29.8 Å². The fraction of sp³-hybridized carbons (Fsp3) is 0.381. The predicted octanol–water partition coefficient (Wildman–Crippen LogP) is 5.50. The molecular formula is C21H33N3. The molecule has 0 heterocycles. The van der Waals surface area contributed by atoms with E-state index in [2.05, 4.69) is 36.8 Å². The third kappa shape index (κ3) is 7.93. The SMILES string of the molecule is C=C(C=Nc1ccccc1)/C(NC(N)CC)=C(\C=C/C)CC.CC. The van der Waals surface area contributed by atoms with Crippen molar-refractivity contribution in [2.45, 2.75) is 53.6 Å². The first-order chi connectivity index (χ1) is 11.6. The molecule has 1 atom stereocenters. The van der Waals surface area contributed by atoms with Gasteiger partial charge in [-0.1, -0.05) is 64.6 Å². The van der Waals surface area contributed by atoms with Crippen LogP contribution in [0.1, 0.15) is 47.5 Å². The molecular weight excluding hydrogens is 294 g/mol. The van der Waals surface area contributed by atoms with E-state index >= 15 is 0 Å². The maximum Gasteiger partial charge on any atom is 0.0740 e. The highest BCUT2D eigenvalue weighted by Gasteiger charge is 2.09. The quantitative estimate of drug-likeness (QED) is 0.376. The Labute approximate surface area is 148 Å². The summed E-state index contributed by atoms with van der Waals surface area (Å²) in [4.78, 5) is 4.47. The predicted molar refractivity (Wildman–Crippen MR) is 109 cm³/mol. The third-order valence-electron chi connectivity index (χ3n) is 3.29. The summed E-state index contributed by atoms with van der Waals surface area (Å²) < 4.78 is 0. The van der Waals surface area contributed by atoms with Crippen LogP contribution in [-0.2, 0) is 0 Å². The highest BCUT2D eigenvalue weighted by molar-refractivity contribution is 5.86. The minimum Gasteiger partial charge on any atom is -0.369 e. The fourth-order valence-corrected chi connectivity index (χ4v) is 1.99. The lowest BCUT2D eigenvalue weighted by atomic mass is 10.0. The molecule has 132 valence electrons. The van der Waals surface area contributed by atoms with Gasteiger partial charge in [-0.3, -0.25) is 4.99 Å². The molecule has 0 radical (unpaired) electrons. The number of aliphatic imine (C=N–C) groups is 1. The largest absolute Gasteiger partial charge is 0.369 e. The maximum absolute atomic E-state index is 6.05. The monoisotopic (exact) mass is 327 g/mol. The van der Waals surface area contributed by atoms with Crippen molar-refractivity contribution >= 4 is 11.9 Å². The number of allylic oxidation sites excluding steroid dienone is 4. The average molecular weight is 328 g/mol. The molecule has 3 nitrogen and oxygen atoms in total. The van der Waals surface area contributed by atoms with Crippen LogP contribution in [0.25, 0.3) is 0 Å². The van der Waals surface area contributed by atoms with Gasteiger partial charge in [0.1, 0.15) is 0 Å². The molecule has 0 aromatic heterocycles. The fourth-order valence-electron chi connectivity index (χ4n) is 1.99. The molecule has 3 N–H and O–H groups in total. The third-order valence-corrected chi connectivity index (χ3v) is 3.29. The van der Waals surface area contributed by atoms with Crippen LogP contribution in [0.3, 0.4) is 0 Å². The van der Waals surface area contributed by atoms with Crippen LogP contribution < -0.4 is 11.1 Å². The molecule has 1 unspecified atom stereocenters. The Bertz CT molecular complexity index is 554. The summed E-state index contributed by atoms with van der Waals surface area (Å²) >= 11 is 0. The van der Waals surface area contributed by atoms with Gasteiger partial charge in [0.2, 0.25) is 0 Å². The van der Waals surface area contributed by atoms with Crippen molar-refractivity contribution < 1.29 is 0 Å². The number of hydrogen-bond donors (Lipinski definition) is 2. The van der Waals surface area contributed by atoms with Crippen LogP contribution in [0.5, 0.6) is 0 Å². The molecule has 0 spiro atoms. The number of hydrogen-bond acceptors (Lipinski definition) is 3. The number of nitrogens with zero attached hydrogens (tertiary/aromatic N) is 1. The standard InChI is InChI=1S/C19H27N3.C2H6/c1-5-11-16(6-2)19(22-18(20)7-3)15(4)14-21-17-12-9-8-10-13-17;1-2/h5,8-14,18,22H,4,6-7,20H2,1-3H3;1-2H3/b11-5-,19-16+,21-14?;. The first kappa shape index (κ1) is 21.9. The lowest BCUT2D eigenvalue weighted by Crippen LogP contribution is -2.37. The summed E-state index contributed by atoms with van der Waals surface area (Å²) in [6.45, 7) is 14.3. The first-order valence-electron chi connectivity index (χ1n) is 8.78. The van der Waals surface area contributed by atoms with Gasteiger partial charge in [-0.2, -0.15) is 0 Å². The smallest absolute Gasteiger partial charge is 0.0740 e. The number of para-hydroxylation sites is 1. The van der Waals surface area contributed by atoms with Crippen molar-refractivity contribution in [1.82, 2.24) is 5.32 Å². The van der Waals surface area contributed by atoms with Gasteiger partial charge in [0, 0.05) is 17.5 Å². The molecule has 0 aliphatic carbocycles. The molecule has 0 saturated carbocycles. The van der Waals surface area contributed by atoms with E-state index in [0.29, 0.717) is 0 Å². The van der Waals surface area contributed by atoms with Crippen LogP contribution in [0.2, 0.25) is 0 Å². The molecule has 0 aliphatic rings. The Morgan fingerprint density at radius 3 is 2.38 bits per heavy atom. The van der Waals surface area contributed by atoms with Crippen molar-refractivity contribution in [2.24, 2.45) is 10.7 Å². The molecule has 1 rings (SSSR count). The number of nitrogens with two attached hydrogens (primary N) is 1. The molecule has 0 amide bonds. The van der Waals surface area contributed by atoms with Gasteiger partial charge in [-0.15, -0.1) is 0 Å². The van der Waals surface area contributed by atoms with Crippen molar-refractivity contribution in [3.63, 3.8) is 0 Å². The van der Waals surface area contributed by atoms with Crippen molar-refractivity contribution in [1.29, 1.82) is 0 Å². The molecule has 1 aromatic carbocycles. The highest BCUT2D eigenvalue weighted by Crippen LogP contribution is 2.17. The van der Waals surface area contributed by atoms with Crippen LogP contribution in [0.15, 0.2) is 70.9 Å². The lowest BCUT2D eigenvalue weighted by Gasteiger charge is -2.19. The van der Waals surface area contributed by atoms with Gasteiger partial charge >= 0.3 is 0 Å². The molecule has 0 bridgehead atoms. The second kappa shape index (κ2) is 13.3. The zero-order valence-electron chi connectivity index (χ0n) is 15.8. The van der Waals surface area contributed by atoms with Crippen LogP contribution in [0, 0.1) is 0 Å². The summed E-state index contributed by atoms with van der Waals surface area (Å²) in [6, 6.07) is 9.84. The number of benzene rings is 1. The van der Waals surface area contributed by atoms with Crippen molar-refractivity contribution in [3.05, 3.63) is 65.9 Å². The summed E-state index contributed by atoms with van der Waals surface area (Å²) in [5.41, 5.74) is 9.94. The molecule has 0 fully saturated rings. The highest BCUT2D eigenvalue weighted by atomic mass is 15.0. The topological polar surface area (TPSA) is 50.4 Å². The second-order valence-corrected chi connectivity index (χ2v) is 5.03. The number of nitrogens with one attached hydrogen (secondary N) is 1. The second-order valence-electron chi connectivity index (χ2n) is 5.03. The Morgan fingerprint density at radius 2 is 1.88 bits per heavy atom. The van der Waals surface area contributed by atoms with Crippen LogP contribution >= 0.6 is 0 Å².